The topological polar surface area (TPSA) is 105 Å². The van der Waals surface area contributed by atoms with Gasteiger partial charge in [-0.15, -0.1) is 24.0 Å². The molecule has 2 atom stereocenters. The van der Waals surface area contributed by atoms with Crippen LogP contribution in [-0.4, -0.2) is 61.0 Å². The van der Waals surface area contributed by atoms with Crippen molar-refractivity contribution in [2.45, 2.75) is 86.9 Å². The molecule has 2 unspecified atom stereocenters. The molecular weight excluding hydrogens is 785 g/mol. The van der Waals surface area contributed by atoms with Crippen molar-refractivity contribution in [1.29, 1.82) is 0 Å². The van der Waals surface area contributed by atoms with Crippen molar-refractivity contribution in [2.24, 2.45) is 5.73 Å². The Balaban J connectivity index is 0.000000267. The van der Waals surface area contributed by atoms with Gasteiger partial charge in [-0.1, -0.05) is 97.6 Å². The van der Waals surface area contributed by atoms with E-state index in [0.29, 0.717) is 18.9 Å². The van der Waals surface area contributed by atoms with Crippen LogP contribution in [0.2, 0.25) is 0 Å². The van der Waals surface area contributed by atoms with Crippen molar-refractivity contribution in [3.8, 4) is 0 Å². The van der Waals surface area contributed by atoms with E-state index in [4.69, 9.17) is 5.73 Å². The fourth-order valence-corrected chi connectivity index (χ4v) is 7.32. The summed E-state index contributed by atoms with van der Waals surface area (Å²) in [6, 6.07) is 21.1. The van der Waals surface area contributed by atoms with Crippen molar-refractivity contribution in [3.05, 3.63) is 102 Å². The van der Waals surface area contributed by atoms with Crippen molar-refractivity contribution < 1.29 is 39.6 Å². The number of nitrogens with two attached hydrogens (primary N) is 1. The summed E-state index contributed by atoms with van der Waals surface area (Å²) in [6.45, 7) is 2.24. The molecule has 2 saturated heterocycles. The first-order valence-corrected chi connectivity index (χ1v) is 17.2. The predicted octanol–water partition coefficient (Wildman–Crippen LogP) is 7.71. The summed E-state index contributed by atoms with van der Waals surface area (Å²) in [4.78, 5) is 10.7. The lowest BCUT2D eigenvalue weighted by Crippen LogP contribution is -2.45. The second kappa shape index (κ2) is 17.1. The number of alkyl halides is 6. The third-order valence-electron chi connectivity index (χ3n) is 8.59. The number of hydrogen-bond acceptors (Lipinski definition) is 6. The first kappa shape index (κ1) is 40.9. The van der Waals surface area contributed by atoms with Crippen LogP contribution in [0.4, 0.5) is 26.3 Å². The van der Waals surface area contributed by atoms with E-state index in [-0.39, 0.29) is 53.1 Å². The van der Waals surface area contributed by atoms with Gasteiger partial charge in [-0.25, -0.2) is 18.9 Å². The van der Waals surface area contributed by atoms with E-state index >= 15 is 0 Å². The molecule has 3 N–H and O–H groups in total. The first-order chi connectivity index (χ1) is 22.6. The molecule has 1 saturated carbocycles. The SMILES string of the molecule is Cc1ccc(S(=O)(=O)N2CCC(N3NC3(c3ccccc3)C(F)(F)F)CC2)cc1.I.NC1CCCCC1.O=C(c1ccccc1)C(F)(F)F. The standard InChI is InChI=1S/C20H22F3N3O2S.C8H5F3O.C6H13N.HI/c1-15-7-9-18(10-8-15)29(27,28)25-13-11-17(12-14-25)26-19(24-26,20(21,22)23)16-5-3-2-4-6-16;9-8(10,11)7(12)6-4-2-1-3-5-6;7-6-4-2-1-3-5-6;/h2-10,17,24H,11-14H2,1H3;1-5H;6H,1-5,7H2;1H. The zero-order valence-corrected chi connectivity index (χ0v) is 30.0. The Labute approximate surface area is 300 Å². The number of sulfonamides is 1. The van der Waals surface area contributed by atoms with Gasteiger partial charge in [-0.05, 0) is 50.3 Å². The number of benzene rings is 3. The van der Waals surface area contributed by atoms with Crippen LogP contribution < -0.4 is 11.2 Å². The maximum absolute atomic E-state index is 13.9. The molecular formula is C34H41F6IN4O3S. The summed E-state index contributed by atoms with van der Waals surface area (Å²) < 4.78 is 104. The van der Waals surface area contributed by atoms with Crippen LogP contribution in [-0.2, 0) is 15.7 Å². The molecule has 270 valence electrons. The molecule has 15 heteroatoms. The molecule has 6 rings (SSSR count). The van der Waals surface area contributed by atoms with E-state index in [0.717, 1.165) is 17.7 Å². The van der Waals surface area contributed by atoms with Crippen molar-refractivity contribution >= 4 is 39.8 Å². The van der Waals surface area contributed by atoms with Crippen LogP contribution in [0.25, 0.3) is 0 Å². The molecule has 0 radical (unpaired) electrons. The number of piperidine rings is 1. The lowest BCUT2D eigenvalue weighted by Gasteiger charge is -2.32. The number of carbonyl (C=O) groups excluding carboxylic acids is 1. The number of nitrogens with zero attached hydrogens (tertiary/aromatic N) is 2. The highest BCUT2D eigenvalue weighted by molar-refractivity contribution is 14.0. The average Bonchev–Trinajstić information content (AvgIpc) is 3.84. The number of ketones is 1. The molecule has 1 aliphatic carbocycles. The molecule has 0 spiro atoms. The van der Waals surface area contributed by atoms with Crippen molar-refractivity contribution in [2.75, 3.05) is 13.1 Å². The number of hydrogen-bond donors (Lipinski definition) is 2. The van der Waals surface area contributed by atoms with Gasteiger partial charge in [-0.3, -0.25) is 4.79 Å². The Bertz CT molecular complexity index is 1580. The Morgan fingerprint density at radius 3 is 1.76 bits per heavy atom. The smallest absolute Gasteiger partial charge is 0.328 e. The molecule has 3 aromatic carbocycles. The number of rotatable bonds is 5. The van der Waals surface area contributed by atoms with Gasteiger partial charge >= 0.3 is 12.4 Å². The second-order valence-corrected chi connectivity index (χ2v) is 14.0. The van der Waals surface area contributed by atoms with Gasteiger partial charge < -0.3 is 5.73 Å². The average molecular weight is 827 g/mol. The first-order valence-electron chi connectivity index (χ1n) is 15.8. The van der Waals surface area contributed by atoms with Crippen LogP contribution in [0.5, 0.6) is 0 Å². The zero-order chi connectivity index (χ0) is 35.2. The normalized spacial score (nSPS) is 22.0. The van der Waals surface area contributed by atoms with E-state index in [9.17, 15) is 39.6 Å². The summed E-state index contributed by atoms with van der Waals surface area (Å²) in [5.41, 5.74) is 6.75. The summed E-state index contributed by atoms with van der Waals surface area (Å²) in [5.74, 6) is -1.80. The lowest BCUT2D eigenvalue weighted by atomic mass is 9.97. The van der Waals surface area contributed by atoms with Gasteiger partial charge in [0.05, 0.1) is 4.90 Å². The van der Waals surface area contributed by atoms with Gasteiger partial charge in [0.15, 0.2) is 0 Å². The van der Waals surface area contributed by atoms with E-state index in [1.165, 1.54) is 65.7 Å². The number of Topliss-reactive ketones (excluding diaryl/α,β-unsaturated/α-hetero) is 1. The molecule has 0 bridgehead atoms. The van der Waals surface area contributed by atoms with Gasteiger partial charge in [0.2, 0.25) is 15.7 Å². The summed E-state index contributed by atoms with van der Waals surface area (Å²) in [5, 5.41) is 1.23. The van der Waals surface area contributed by atoms with Crippen LogP contribution in [0.3, 0.4) is 0 Å². The minimum absolute atomic E-state index is 0. The van der Waals surface area contributed by atoms with Gasteiger partial charge in [-0.2, -0.15) is 30.6 Å². The summed E-state index contributed by atoms with van der Waals surface area (Å²) in [7, 11) is -3.64. The van der Waals surface area contributed by atoms with Crippen LogP contribution in [0.15, 0.2) is 89.8 Å². The molecule has 0 amide bonds. The third kappa shape index (κ3) is 10.3. The van der Waals surface area contributed by atoms with Crippen LogP contribution >= 0.6 is 24.0 Å². The third-order valence-corrected chi connectivity index (χ3v) is 10.5. The highest BCUT2D eigenvalue weighted by Crippen LogP contribution is 2.52. The van der Waals surface area contributed by atoms with E-state index in [1.54, 1.807) is 48.5 Å². The number of hydrazine groups is 1. The minimum Gasteiger partial charge on any atom is -0.328 e. The summed E-state index contributed by atoms with van der Waals surface area (Å²) >= 11 is 0. The number of carbonyl (C=O) groups is 1. The largest absolute Gasteiger partial charge is 0.454 e. The molecule has 7 nitrogen and oxygen atoms in total. The maximum Gasteiger partial charge on any atom is 0.454 e. The van der Waals surface area contributed by atoms with E-state index < -0.39 is 39.9 Å². The molecule has 3 aliphatic rings. The van der Waals surface area contributed by atoms with Crippen LogP contribution in [0, 0.1) is 6.92 Å². The van der Waals surface area contributed by atoms with Gasteiger partial charge in [0.25, 0.3) is 5.78 Å². The van der Waals surface area contributed by atoms with E-state index in [1.807, 2.05) is 6.92 Å². The van der Waals surface area contributed by atoms with Gasteiger partial charge in [0.1, 0.15) is 0 Å². The molecule has 2 aliphatic heterocycles. The lowest BCUT2D eigenvalue weighted by molar-refractivity contribution is -0.178. The molecule has 0 aromatic heterocycles. The highest BCUT2D eigenvalue weighted by Gasteiger charge is 2.72. The van der Waals surface area contributed by atoms with Gasteiger partial charge in [0, 0.05) is 30.7 Å². The Morgan fingerprint density at radius 2 is 1.31 bits per heavy atom. The Kier molecular flexibility index (Phi) is 14.3. The van der Waals surface area contributed by atoms with Crippen molar-refractivity contribution in [1.82, 2.24) is 14.7 Å². The highest BCUT2D eigenvalue weighted by atomic mass is 127. The molecule has 2 heterocycles. The fraction of sp³-hybridized carbons (Fsp3) is 0.441. The molecule has 49 heavy (non-hydrogen) atoms. The number of halogens is 7. The summed E-state index contributed by atoms with van der Waals surface area (Å²) in [6.07, 6.45) is -1.96. The van der Waals surface area contributed by atoms with Crippen molar-refractivity contribution in [3.63, 3.8) is 0 Å². The second-order valence-electron chi connectivity index (χ2n) is 12.1. The zero-order valence-electron chi connectivity index (χ0n) is 26.9. The Morgan fingerprint density at radius 1 is 0.796 bits per heavy atom. The molecule has 3 aromatic rings. The predicted molar refractivity (Wildman–Crippen MR) is 185 cm³/mol. The fourth-order valence-electron chi connectivity index (χ4n) is 5.85. The maximum atomic E-state index is 13.9. The number of aryl methyl sites for hydroxylation is 1. The Hall–Kier alpha value is -2.57. The number of nitrogens with one attached hydrogen (secondary N) is 1. The monoisotopic (exact) mass is 826 g/mol. The quantitative estimate of drug-likeness (QED) is 0.118. The molecule has 3 fully saturated rings. The van der Waals surface area contributed by atoms with Crippen LogP contribution in [0.1, 0.15) is 66.4 Å². The van der Waals surface area contributed by atoms with E-state index in [2.05, 4.69) is 5.43 Å². The minimum atomic E-state index is -4.78.